The second kappa shape index (κ2) is 10.4. The van der Waals surface area contributed by atoms with Crippen LogP contribution >= 0.6 is 11.6 Å². The summed E-state index contributed by atoms with van der Waals surface area (Å²) in [5.41, 5.74) is 0.295. The maximum atomic E-state index is 12.7. The lowest BCUT2D eigenvalue weighted by Gasteiger charge is -2.23. The van der Waals surface area contributed by atoms with E-state index in [-0.39, 0.29) is 15.8 Å². The third-order valence-corrected chi connectivity index (χ3v) is 7.24. The quantitative estimate of drug-likeness (QED) is 0.569. The summed E-state index contributed by atoms with van der Waals surface area (Å²) in [7, 11) is -3.72. The molecule has 0 radical (unpaired) electrons. The zero-order valence-corrected chi connectivity index (χ0v) is 17.5. The lowest BCUT2D eigenvalue weighted by Crippen LogP contribution is -3.14. The first-order valence-corrected chi connectivity index (χ1v) is 11.2. The third-order valence-electron chi connectivity index (χ3n) is 4.71. The van der Waals surface area contributed by atoms with E-state index in [2.05, 4.69) is 5.32 Å². The summed E-state index contributed by atoms with van der Waals surface area (Å²) in [6, 6.07) is 4.37. The molecule has 2 rings (SSSR count). The molecule has 0 saturated carbocycles. The molecule has 1 aliphatic heterocycles. The number of quaternary nitrogens is 1. The van der Waals surface area contributed by atoms with Gasteiger partial charge in [0, 0.05) is 31.6 Å². The van der Waals surface area contributed by atoms with Gasteiger partial charge < -0.3 is 15.0 Å². The molecule has 9 heteroatoms. The lowest BCUT2D eigenvalue weighted by molar-refractivity contribution is -0.908. The van der Waals surface area contributed by atoms with Crippen LogP contribution in [0.1, 0.15) is 30.6 Å². The Kier molecular flexibility index (Phi) is 8.50. The highest BCUT2D eigenvalue weighted by Crippen LogP contribution is 2.25. The number of amides is 1. The van der Waals surface area contributed by atoms with Crippen LogP contribution in [0, 0.1) is 0 Å². The van der Waals surface area contributed by atoms with Crippen molar-refractivity contribution >= 4 is 27.5 Å². The molecule has 1 aromatic carbocycles. The lowest BCUT2D eigenvalue weighted by atomic mass is 10.2. The van der Waals surface area contributed by atoms with Gasteiger partial charge in [-0.05, 0) is 18.2 Å². The van der Waals surface area contributed by atoms with Crippen LogP contribution < -0.4 is 10.2 Å². The van der Waals surface area contributed by atoms with Crippen molar-refractivity contribution in [2.24, 2.45) is 0 Å². The second-order valence-electron chi connectivity index (χ2n) is 6.46. The van der Waals surface area contributed by atoms with Crippen LogP contribution in [0.3, 0.4) is 0 Å². The highest BCUT2D eigenvalue weighted by molar-refractivity contribution is 7.89. The van der Waals surface area contributed by atoms with Crippen molar-refractivity contribution in [3.8, 4) is 0 Å². The van der Waals surface area contributed by atoms with Crippen molar-refractivity contribution in [2.45, 2.75) is 25.2 Å². The normalized spacial score (nSPS) is 15.9. The van der Waals surface area contributed by atoms with Crippen molar-refractivity contribution < 1.29 is 22.8 Å². The zero-order valence-electron chi connectivity index (χ0n) is 16.0. The Balaban J connectivity index is 1.98. The summed E-state index contributed by atoms with van der Waals surface area (Å²) < 4.78 is 32.1. The maximum absolute atomic E-state index is 12.7. The molecule has 152 valence electrons. The first kappa shape index (κ1) is 22.1. The van der Waals surface area contributed by atoms with Crippen LogP contribution in [-0.2, 0) is 14.8 Å². The highest BCUT2D eigenvalue weighted by Gasteiger charge is 2.25. The minimum atomic E-state index is -3.72. The van der Waals surface area contributed by atoms with Gasteiger partial charge in [-0.1, -0.05) is 25.4 Å². The number of halogens is 1. The fraction of sp³-hybridized carbons (Fsp3) is 0.611. The number of hydrogen-bond acceptors (Lipinski definition) is 4. The van der Waals surface area contributed by atoms with Crippen LogP contribution in [0.4, 0.5) is 0 Å². The molecule has 2 N–H and O–H groups in total. The monoisotopic (exact) mass is 418 g/mol. The summed E-state index contributed by atoms with van der Waals surface area (Å²) in [6.45, 7) is 9.31. The minimum absolute atomic E-state index is 0.0294. The predicted molar refractivity (Wildman–Crippen MR) is 105 cm³/mol. The molecule has 0 bridgehead atoms. The highest BCUT2D eigenvalue weighted by atomic mass is 35.5. The summed E-state index contributed by atoms with van der Waals surface area (Å²) >= 11 is 6.11. The second-order valence-corrected chi connectivity index (χ2v) is 8.77. The summed E-state index contributed by atoms with van der Waals surface area (Å²) in [6.07, 6.45) is 0.860. The number of nitrogens with one attached hydrogen (secondary N) is 2. The molecular formula is C18H29ClN3O4S+. The number of morpholine rings is 1. The number of hydrogen-bond donors (Lipinski definition) is 2. The first-order valence-electron chi connectivity index (χ1n) is 9.39. The molecule has 0 unspecified atom stereocenters. The minimum Gasteiger partial charge on any atom is -0.370 e. The average Bonchev–Trinajstić information content (AvgIpc) is 2.67. The molecule has 0 aliphatic carbocycles. The van der Waals surface area contributed by atoms with Crippen LogP contribution in [0.25, 0.3) is 0 Å². The van der Waals surface area contributed by atoms with Crippen LogP contribution in [-0.4, -0.2) is 71.1 Å². The van der Waals surface area contributed by atoms with Crippen molar-refractivity contribution in [3.63, 3.8) is 0 Å². The van der Waals surface area contributed by atoms with E-state index >= 15 is 0 Å². The van der Waals surface area contributed by atoms with Gasteiger partial charge in [-0.3, -0.25) is 4.79 Å². The van der Waals surface area contributed by atoms with Crippen molar-refractivity contribution in [3.05, 3.63) is 28.8 Å². The number of carbonyl (C=O) groups excluding carboxylic acids is 1. The van der Waals surface area contributed by atoms with E-state index in [0.29, 0.717) is 25.2 Å². The molecule has 0 atom stereocenters. The van der Waals surface area contributed by atoms with Gasteiger partial charge in [-0.2, -0.15) is 4.31 Å². The Hall–Kier alpha value is -1.19. The van der Waals surface area contributed by atoms with E-state index in [9.17, 15) is 13.2 Å². The van der Waals surface area contributed by atoms with Crippen molar-refractivity contribution in [1.82, 2.24) is 9.62 Å². The van der Waals surface area contributed by atoms with E-state index in [0.717, 1.165) is 39.3 Å². The summed E-state index contributed by atoms with van der Waals surface area (Å²) in [5.74, 6) is -0.292. The Morgan fingerprint density at radius 3 is 2.56 bits per heavy atom. The van der Waals surface area contributed by atoms with Crippen molar-refractivity contribution in [1.29, 1.82) is 0 Å². The fourth-order valence-electron chi connectivity index (χ4n) is 3.10. The number of benzene rings is 1. The summed E-state index contributed by atoms with van der Waals surface area (Å²) in [5, 5.41) is 2.98. The summed E-state index contributed by atoms with van der Waals surface area (Å²) in [4.78, 5) is 13.9. The standard InChI is InChI=1S/C18H28ClN3O4S/c1-3-22(4-2)27(24,25)17-14-15(6-7-16(17)19)18(23)20-8-5-9-21-10-12-26-13-11-21/h6-7,14H,3-5,8-13H2,1-2H3,(H,20,23)/p+1. The third kappa shape index (κ3) is 5.89. The van der Waals surface area contributed by atoms with E-state index in [1.807, 2.05) is 0 Å². The Labute approximate surface area is 166 Å². The number of rotatable bonds is 9. The molecule has 1 fully saturated rings. The molecule has 27 heavy (non-hydrogen) atoms. The van der Waals surface area contributed by atoms with Gasteiger partial charge in [0.15, 0.2) is 0 Å². The first-order chi connectivity index (χ1) is 12.9. The van der Waals surface area contributed by atoms with E-state index in [4.69, 9.17) is 16.3 Å². The maximum Gasteiger partial charge on any atom is 0.251 e. The van der Waals surface area contributed by atoms with Gasteiger partial charge in [-0.15, -0.1) is 0 Å². The van der Waals surface area contributed by atoms with Crippen LogP contribution in [0.2, 0.25) is 5.02 Å². The Morgan fingerprint density at radius 2 is 1.93 bits per heavy atom. The molecule has 1 amide bonds. The average molecular weight is 419 g/mol. The number of sulfonamides is 1. The Bertz CT molecular complexity index is 732. The molecule has 1 aliphatic rings. The van der Waals surface area contributed by atoms with Gasteiger partial charge in [0.2, 0.25) is 10.0 Å². The molecule has 1 saturated heterocycles. The zero-order chi connectivity index (χ0) is 19.9. The molecule has 0 aromatic heterocycles. The largest absolute Gasteiger partial charge is 0.370 e. The Morgan fingerprint density at radius 1 is 1.26 bits per heavy atom. The number of nitrogens with zero attached hydrogens (tertiary/aromatic N) is 1. The number of ether oxygens (including phenoxy) is 1. The van der Waals surface area contributed by atoms with E-state index in [1.165, 1.54) is 21.3 Å². The molecule has 1 heterocycles. The number of carbonyl (C=O) groups is 1. The van der Waals surface area contributed by atoms with Crippen molar-refractivity contribution in [2.75, 3.05) is 52.5 Å². The van der Waals surface area contributed by atoms with Gasteiger partial charge in [0.1, 0.15) is 18.0 Å². The van der Waals surface area contributed by atoms with Crippen LogP contribution in [0.15, 0.2) is 23.1 Å². The smallest absolute Gasteiger partial charge is 0.251 e. The van der Waals surface area contributed by atoms with Gasteiger partial charge >= 0.3 is 0 Å². The van der Waals surface area contributed by atoms with Gasteiger partial charge in [0.05, 0.1) is 24.8 Å². The van der Waals surface area contributed by atoms with Gasteiger partial charge in [-0.25, -0.2) is 8.42 Å². The topological polar surface area (TPSA) is 80.2 Å². The SMILES string of the molecule is CCN(CC)S(=O)(=O)c1cc(C(=O)NCCC[NH+]2CCOCC2)ccc1Cl. The molecular weight excluding hydrogens is 390 g/mol. The van der Waals surface area contributed by atoms with Crippen LogP contribution in [0.5, 0.6) is 0 Å². The van der Waals surface area contributed by atoms with E-state index in [1.54, 1.807) is 19.9 Å². The molecule has 7 nitrogen and oxygen atoms in total. The molecule has 1 aromatic rings. The van der Waals surface area contributed by atoms with Gasteiger partial charge in [0.25, 0.3) is 5.91 Å². The molecule has 0 spiro atoms. The predicted octanol–water partition coefficient (Wildman–Crippen LogP) is 0.406. The fourth-order valence-corrected chi connectivity index (χ4v) is 5.06. The van der Waals surface area contributed by atoms with E-state index < -0.39 is 10.0 Å².